The molecule has 4 amide bonds. The number of hydrogen-bond donors (Lipinski definition) is 2. The van der Waals surface area contributed by atoms with Crippen molar-refractivity contribution < 1.29 is 19.2 Å². The van der Waals surface area contributed by atoms with Gasteiger partial charge in [0.2, 0.25) is 11.8 Å². The number of imide groups is 2. The van der Waals surface area contributed by atoms with Crippen LogP contribution >= 0.6 is 0 Å². The summed E-state index contributed by atoms with van der Waals surface area (Å²) in [5, 5.41) is 5.76. The van der Waals surface area contributed by atoms with Crippen LogP contribution in [0.4, 0.5) is 11.4 Å². The van der Waals surface area contributed by atoms with Gasteiger partial charge in [0.05, 0.1) is 22.5 Å². The Bertz CT molecular complexity index is 1140. The number of benzene rings is 2. The first-order chi connectivity index (χ1) is 15.4. The summed E-state index contributed by atoms with van der Waals surface area (Å²) in [6, 6.07) is 12.7. The largest absolute Gasteiger partial charge is 0.381 e. The van der Waals surface area contributed by atoms with Crippen LogP contribution in [0, 0.1) is 0 Å². The van der Waals surface area contributed by atoms with Crippen molar-refractivity contribution in [2.24, 2.45) is 0 Å². The molecule has 3 aliphatic rings. The molecule has 3 heterocycles. The minimum absolute atomic E-state index is 0.104. The molecule has 5 rings (SSSR count). The van der Waals surface area contributed by atoms with Crippen molar-refractivity contribution in [2.75, 3.05) is 16.8 Å². The Morgan fingerprint density at radius 1 is 0.969 bits per heavy atom. The van der Waals surface area contributed by atoms with Gasteiger partial charge in [0.25, 0.3) is 11.8 Å². The molecular weight excluding hydrogens is 408 g/mol. The second-order valence-corrected chi connectivity index (χ2v) is 8.56. The highest BCUT2D eigenvalue weighted by Gasteiger charge is 2.45. The third-order valence-electron chi connectivity index (χ3n) is 6.39. The Hall–Kier alpha value is -3.68. The number of para-hydroxylation sites is 2. The lowest BCUT2D eigenvalue weighted by Gasteiger charge is -2.28. The van der Waals surface area contributed by atoms with Crippen LogP contribution in [-0.2, 0) is 16.1 Å². The fraction of sp³-hybridized carbons (Fsp3) is 0.333. The summed E-state index contributed by atoms with van der Waals surface area (Å²) in [6.45, 7) is 3.41. The molecule has 0 aliphatic carbocycles. The zero-order chi connectivity index (χ0) is 22.4. The van der Waals surface area contributed by atoms with E-state index in [2.05, 4.69) is 22.5 Å². The first-order valence-electron chi connectivity index (χ1n) is 10.9. The van der Waals surface area contributed by atoms with Gasteiger partial charge in [-0.3, -0.25) is 29.4 Å². The zero-order valence-electron chi connectivity index (χ0n) is 17.8. The zero-order valence-corrected chi connectivity index (χ0v) is 17.8. The minimum Gasteiger partial charge on any atom is -0.381 e. The average Bonchev–Trinajstić information content (AvgIpc) is 2.92. The molecule has 2 N–H and O–H groups in total. The Kier molecular flexibility index (Phi) is 4.92. The summed E-state index contributed by atoms with van der Waals surface area (Å²) in [4.78, 5) is 53.6. The maximum atomic E-state index is 13.4. The van der Waals surface area contributed by atoms with Crippen LogP contribution in [0.1, 0.15) is 52.5 Å². The number of nitrogens with zero attached hydrogens (tertiary/aromatic N) is 2. The van der Waals surface area contributed by atoms with Crippen molar-refractivity contribution in [3.05, 3.63) is 59.2 Å². The molecule has 0 bridgehead atoms. The van der Waals surface area contributed by atoms with E-state index in [1.165, 1.54) is 0 Å². The van der Waals surface area contributed by atoms with Gasteiger partial charge in [0, 0.05) is 25.6 Å². The van der Waals surface area contributed by atoms with Gasteiger partial charge >= 0.3 is 0 Å². The molecular formula is C24H24N4O4. The number of nitrogens with one attached hydrogen (secondary N) is 2. The molecule has 32 heavy (non-hydrogen) atoms. The summed E-state index contributed by atoms with van der Waals surface area (Å²) in [5.74, 6) is -1.93. The molecule has 1 fully saturated rings. The van der Waals surface area contributed by atoms with E-state index < -0.39 is 23.8 Å². The lowest BCUT2D eigenvalue weighted by Crippen LogP contribution is -2.54. The van der Waals surface area contributed by atoms with E-state index in [1.807, 2.05) is 30.3 Å². The van der Waals surface area contributed by atoms with Crippen LogP contribution in [0.3, 0.4) is 0 Å². The van der Waals surface area contributed by atoms with Gasteiger partial charge in [0.15, 0.2) is 0 Å². The third kappa shape index (κ3) is 3.32. The fourth-order valence-electron chi connectivity index (χ4n) is 4.77. The van der Waals surface area contributed by atoms with Gasteiger partial charge in [-0.15, -0.1) is 0 Å². The number of amides is 4. The quantitative estimate of drug-likeness (QED) is 0.723. The van der Waals surface area contributed by atoms with E-state index in [-0.39, 0.29) is 18.7 Å². The van der Waals surface area contributed by atoms with Gasteiger partial charge in [-0.1, -0.05) is 24.3 Å². The molecule has 0 aromatic heterocycles. The first kappa shape index (κ1) is 20.2. The Labute approximate surface area is 185 Å². The molecule has 2 aromatic carbocycles. The molecule has 164 valence electrons. The number of anilines is 2. The summed E-state index contributed by atoms with van der Waals surface area (Å²) >= 11 is 0. The molecule has 0 saturated carbocycles. The van der Waals surface area contributed by atoms with Gasteiger partial charge in [0.1, 0.15) is 6.04 Å². The number of fused-ring (bicyclic) bond motifs is 2. The van der Waals surface area contributed by atoms with Crippen LogP contribution in [0.15, 0.2) is 42.5 Å². The van der Waals surface area contributed by atoms with E-state index in [1.54, 1.807) is 12.1 Å². The summed E-state index contributed by atoms with van der Waals surface area (Å²) in [6.07, 6.45) is 1.18. The first-order valence-corrected chi connectivity index (χ1v) is 10.9. The van der Waals surface area contributed by atoms with Crippen LogP contribution in [0.5, 0.6) is 0 Å². The van der Waals surface area contributed by atoms with Gasteiger partial charge < -0.3 is 10.2 Å². The van der Waals surface area contributed by atoms with Gasteiger partial charge in [-0.25, -0.2) is 0 Å². The minimum atomic E-state index is -0.961. The number of piperidine rings is 1. The molecule has 2 unspecified atom stereocenters. The van der Waals surface area contributed by atoms with Crippen molar-refractivity contribution in [3.8, 4) is 0 Å². The van der Waals surface area contributed by atoms with Crippen molar-refractivity contribution in [3.63, 3.8) is 0 Å². The normalized spacial score (nSPS) is 22.8. The highest BCUT2D eigenvalue weighted by Crippen LogP contribution is 2.34. The molecule has 0 spiro atoms. The van der Waals surface area contributed by atoms with E-state index in [9.17, 15) is 19.2 Å². The number of hydrogen-bond acceptors (Lipinski definition) is 6. The highest BCUT2D eigenvalue weighted by molar-refractivity contribution is 6.24. The Morgan fingerprint density at radius 3 is 2.59 bits per heavy atom. The Morgan fingerprint density at radius 2 is 1.78 bits per heavy atom. The molecule has 1 saturated heterocycles. The molecule has 8 heteroatoms. The fourth-order valence-corrected chi connectivity index (χ4v) is 4.77. The summed E-state index contributed by atoms with van der Waals surface area (Å²) in [5.41, 5.74) is 3.50. The summed E-state index contributed by atoms with van der Waals surface area (Å²) < 4.78 is 0. The molecule has 0 radical (unpaired) electrons. The molecule has 2 atom stereocenters. The number of rotatable bonds is 3. The van der Waals surface area contributed by atoms with Gasteiger partial charge in [-0.2, -0.15) is 0 Å². The predicted molar refractivity (Wildman–Crippen MR) is 118 cm³/mol. The van der Waals surface area contributed by atoms with E-state index >= 15 is 0 Å². The predicted octanol–water partition coefficient (Wildman–Crippen LogP) is 2.30. The van der Waals surface area contributed by atoms with E-state index in [0.717, 1.165) is 34.8 Å². The SMILES string of the molecule is CC1CCN(Cc2cccc3c2C(=O)N(C2CCC(=O)NC2=O)C3=O)c2ccccc2N1. The monoisotopic (exact) mass is 432 g/mol. The van der Waals surface area contributed by atoms with Crippen molar-refractivity contribution in [2.45, 2.75) is 44.8 Å². The van der Waals surface area contributed by atoms with Crippen LogP contribution in [0.2, 0.25) is 0 Å². The molecule has 3 aliphatic heterocycles. The smallest absolute Gasteiger partial charge is 0.262 e. The van der Waals surface area contributed by atoms with Crippen LogP contribution in [0.25, 0.3) is 0 Å². The topological polar surface area (TPSA) is 98.8 Å². The lowest BCUT2D eigenvalue weighted by atomic mass is 10.0. The van der Waals surface area contributed by atoms with E-state index in [0.29, 0.717) is 23.7 Å². The lowest BCUT2D eigenvalue weighted by molar-refractivity contribution is -0.136. The van der Waals surface area contributed by atoms with Crippen LogP contribution in [-0.4, -0.2) is 47.2 Å². The van der Waals surface area contributed by atoms with Crippen molar-refractivity contribution >= 4 is 35.0 Å². The van der Waals surface area contributed by atoms with E-state index in [4.69, 9.17) is 0 Å². The molecule has 2 aromatic rings. The van der Waals surface area contributed by atoms with Gasteiger partial charge in [-0.05, 0) is 43.5 Å². The number of carbonyl (C=O) groups excluding carboxylic acids is 4. The Balaban J connectivity index is 1.48. The average molecular weight is 432 g/mol. The van der Waals surface area contributed by atoms with Crippen LogP contribution < -0.4 is 15.5 Å². The molecule has 8 nitrogen and oxygen atoms in total. The van der Waals surface area contributed by atoms with Crippen molar-refractivity contribution in [1.82, 2.24) is 10.2 Å². The highest BCUT2D eigenvalue weighted by atomic mass is 16.2. The standard InChI is InChI=1S/C24H24N4O4/c1-14-11-12-27(18-8-3-2-7-17(18)25-14)13-15-5-4-6-16-21(15)24(32)28(23(16)31)19-9-10-20(29)26-22(19)30/h2-8,14,19,25H,9-13H2,1H3,(H,26,29,30). The summed E-state index contributed by atoms with van der Waals surface area (Å²) in [7, 11) is 0. The maximum Gasteiger partial charge on any atom is 0.262 e. The maximum absolute atomic E-state index is 13.4. The second kappa shape index (κ2) is 7.78. The third-order valence-corrected chi connectivity index (χ3v) is 6.39. The second-order valence-electron chi connectivity index (χ2n) is 8.56. The number of carbonyl (C=O) groups is 4. The van der Waals surface area contributed by atoms with Crippen molar-refractivity contribution in [1.29, 1.82) is 0 Å².